The van der Waals surface area contributed by atoms with Gasteiger partial charge in [-0.1, -0.05) is 56.2 Å². The van der Waals surface area contributed by atoms with E-state index < -0.39 is 0 Å². The molecule has 0 aromatic heterocycles. The fraction of sp³-hybridized carbons (Fsp3) is 0.519. The maximum absolute atomic E-state index is 12.6. The molecule has 0 radical (unpaired) electrons. The summed E-state index contributed by atoms with van der Waals surface area (Å²) in [6.45, 7) is 3.08. The molecule has 1 saturated heterocycles. The molecule has 1 N–H and O–H groups in total. The second-order valence-corrected chi connectivity index (χ2v) is 9.44. The molecule has 31 heavy (non-hydrogen) atoms. The van der Waals surface area contributed by atoms with Crippen LogP contribution in [-0.4, -0.2) is 25.3 Å². The molecule has 0 amide bonds. The molecule has 3 aliphatic rings. The number of hydrogen-bond donors (Lipinski definition) is 1. The highest BCUT2D eigenvalue weighted by atomic mass is 16.7. The maximum Gasteiger partial charge on any atom is 0.316 e. The number of carbonyl (C=O) groups is 1. The minimum Gasteiger partial charge on any atom is -0.457 e. The minimum absolute atomic E-state index is 0.0401. The van der Waals surface area contributed by atoms with Crippen LogP contribution in [0.15, 0.2) is 48.5 Å². The number of piperidine rings is 1. The lowest BCUT2D eigenvalue weighted by Crippen LogP contribution is -2.59. The molecule has 1 saturated carbocycles. The van der Waals surface area contributed by atoms with Crippen molar-refractivity contribution < 1.29 is 14.3 Å². The van der Waals surface area contributed by atoms with Gasteiger partial charge in [0.1, 0.15) is 5.75 Å². The summed E-state index contributed by atoms with van der Waals surface area (Å²) in [4.78, 5) is 12.6. The van der Waals surface area contributed by atoms with Gasteiger partial charge in [0.15, 0.2) is 0 Å². The fourth-order valence-electron chi connectivity index (χ4n) is 6.47. The number of carbonyl (C=O) groups excluding carboxylic acids is 1. The van der Waals surface area contributed by atoms with E-state index in [0.29, 0.717) is 17.9 Å². The lowest BCUT2D eigenvalue weighted by molar-refractivity contribution is -0.152. The zero-order valence-electron chi connectivity index (χ0n) is 18.4. The van der Waals surface area contributed by atoms with E-state index in [-0.39, 0.29) is 18.7 Å². The molecule has 2 aliphatic carbocycles. The zero-order valence-corrected chi connectivity index (χ0v) is 18.4. The van der Waals surface area contributed by atoms with Crippen molar-refractivity contribution in [2.24, 2.45) is 5.92 Å². The molecule has 4 nitrogen and oxygen atoms in total. The van der Waals surface area contributed by atoms with Gasteiger partial charge in [-0.15, -0.1) is 0 Å². The summed E-state index contributed by atoms with van der Waals surface area (Å²) in [5.41, 5.74) is 4.26. The molecule has 1 aliphatic heterocycles. The molecule has 164 valence electrons. The predicted molar refractivity (Wildman–Crippen MR) is 121 cm³/mol. The monoisotopic (exact) mass is 419 g/mol. The van der Waals surface area contributed by atoms with Crippen LogP contribution in [0.5, 0.6) is 5.75 Å². The van der Waals surface area contributed by atoms with E-state index in [0.717, 1.165) is 30.2 Å². The average Bonchev–Trinajstić information content (AvgIpc) is 2.80. The second kappa shape index (κ2) is 8.66. The Hall–Kier alpha value is -2.33. The number of hydrogen-bond acceptors (Lipinski definition) is 4. The summed E-state index contributed by atoms with van der Waals surface area (Å²) in [5, 5.41) is 3.79. The zero-order chi connectivity index (χ0) is 21.3. The summed E-state index contributed by atoms with van der Waals surface area (Å²) < 4.78 is 11.4. The highest BCUT2D eigenvalue weighted by molar-refractivity contribution is 5.78. The van der Waals surface area contributed by atoms with Gasteiger partial charge in [0.2, 0.25) is 6.79 Å². The Bertz CT molecular complexity index is 923. The second-order valence-electron chi connectivity index (χ2n) is 9.44. The smallest absolute Gasteiger partial charge is 0.316 e. The average molecular weight is 420 g/mol. The van der Waals surface area contributed by atoms with Crippen LogP contribution in [0.4, 0.5) is 0 Å². The summed E-state index contributed by atoms with van der Waals surface area (Å²) in [5.74, 6) is 1.09. The lowest BCUT2D eigenvalue weighted by atomic mass is 9.53. The van der Waals surface area contributed by atoms with E-state index in [1.165, 1.54) is 43.2 Å². The van der Waals surface area contributed by atoms with E-state index >= 15 is 0 Å². The number of benzene rings is 2. The van der Waals surface area contributed by atoms with Gasteiger partial charge in [-0.3, -0.25) is 4.79 Å². The van der Waals surface area contributed by atoms with Crippen molar-refractivity contribution in [3.63, 3.8) is 0 Å². The van der Waals surface area contributed by atoms with Crippen LogP contribution in [0.25, 0.3) is 0 Å². The SMILES string of the molecule is CCC(C(=O)OCOc1ccc2c(c1)[C@@]13CCCC[C@H]1[C@@H](C2)NCC3)c1ccccc1. The van der Waals surface area contributed by atoms with Gasteiger partial charge in [0, 0.05) is 11.5 Å². The van der Waals surface area contributed by atoms with Crippen LogP contribution in [0.1, 0.15) is 68.1 Å². The largest absolute Gasteiger partial charge is 0.457 e. The molecule has 2 aromatic rings. The fourth-order valence-corrected chi connectivity index (χ4v) is 6.47. The maximum atomic E-state index is 12.6. The van der Waals surface area contributed by atoms with Crippen LogP contribution >= 0.6 is 0 Å². The standard InChI is InChI=1S/C27H33NO3/c1-2-22(19-8-4-3-5-9-19)26(29)31-18-30-21-12-11-20-16-25-23-10-6-7-13-27(23,14-15-28-25)24(20)17-21/h3-5,8-9,11-12,17,22-23,25,28H,2,6-7,10,13-16,18H2,1H3/t22?,23-,25+,27+/m0/s1. The van der Waals surface area contributed by atoms with Crippen molar-refractivity contribution in [2.75, 3.05) is 13.3 Å². The molecule has 4 heteroatoms. The Morgan fingerprint density at radius 2 is 2.03 bits per heavy atom. The first kappa shape index (κ1) is 20.6. The van der Waals surface area contributed by atoms with Gasteiger partial charge >= 0.3 is 5.97 Å². The third-order valence-electron chi connectivity index (χ3n) is 7.94. The Morgan fingerprint density at radius 1 is 1.16 bits per heavy atom. The van der Waals surface area contributed by atoms with E-state index in [1.54, 1.807) is 0 Å². The Labute approximate surface area is 185 Å². The lowest BCUT2D eigenvalue weighted by Gasteiger charge is -2.56. The molecule has 5 rings (SSSR count). The van der Waals surface area contributed by atoms with Crippen LogP contribution in [0.2, 0.25) is 0 Å². The normalized spacial score (nSPS) is 27.5. The Kier molecular flexibility index (Phi) is 5.75. The van der Waals surface area contributed by atoms with Crippen molar-refractivity contribution in [3.05, 3.63) is 65.2 Å². The van der Waals surface area contributed by atoms with E-state index in [4.69, 9.17) is 9.47 Å². The third kappa shape index (κ3) is 3.76. The third-order valence-corrected chi connectivity index (χ3v) is 7.94. The molecule has 4 atom stereocenters. The van der Waals surface area contributed by atoms with Crippen LogP contribution < -0.4 is 10.1 Å². The molecule has 1 unspecified atom stereocenters. The molecular weight excluding hydrogens is 386 g/mol. The Balaban J connectivity index is 1.28. The molecule has 2 fully saturated rings. The van der Waals surface area contributed by atoms with Gasteiger partial charge in [0.25, 0.3) is 0 Å². The van der Waals surface area contributed by atoms with E-state index in [2.05, 4.69) is 17.4 Å². The van der Waals surface area contributed by atoms with Crippen molar-refractivity contribution in [2.45, 2.75) is 69.2 Å². The molecule has 1 heterocycles. The van der Waals surface area contributed by atoms with Gasteiger partial charge in [-0.2, -0.15) is 0 Å². The van der Waals surface area contributed by atoms with Crippen LogP contribution in [-0.2, 0) is 21.4 Å². The predicted octanol–water partition coefficient (Wildman–Crippen LogP) is 5.11. The molecular formula is C27H33NO3. The van der Waals surface area contributed by atoms with Gasteiger partial charge in [0.05, 0.1) is 5.92 Å². The first-order chi connectivity index (χ1) is 15.2. The quantitative estimate of drug-likeness (QED) is 0.522. The first-order valence-corrected chi connectivity index (χ1v) is 11.9. The molecule has 0 spiro atoms. The number of esters is 1. The van der Waals surface area contributed by atoms with Crippen LogP contribution in [0.3, 0.4) is 0 Å². The van der Waals surface area contributed by atoms with Crippen molar-refractivity contribution in [1.29, 1.82) is 0 Å². The van der Waals surface area contributed by atoms with E-state index in [9.17, 15) is 4.79 Å². The van der Waals surface area contributed by atoms with Gasteiger partial charge in [-0.25, -0.2) is 0 Å². The Morgan fingerprint density at radius 3 is 2.87 bits per heavy atom. The summed E-state index contributed by atoms with van der Waals surface area (Å²) in [7, 11) is 0. The number of fused-ring (bicyclic) bond motifs is 1. The molecule has 2 bridgehead atoms. The number of ether oxygens (including phenoxy) is 2. The minimum atomic E-state index is -0.248. The summed E-state index contributed by atoms with van der Waals surface area (Å²) >= 11 is 0. The number of rotatable bonds is 6. The topological polar surface area (TPSA) is 47.6 Å². The van der Waals surface area contributed by atoms with E-state index in [1.807, 2.05) is 43.3 Å². The highest BCUT2D eigenvalue weighted by Crippen LogP contribution is 2.54. The van der Waals surface area contributed by atoms with Gasteiger partial charge < -0.3 is 14.8 Å². The summed E-state index contributed by atoms with van der Waals surface area (Å²) in [6, 6.07) is 17.0. The van der Waals surface area contributed by atoms with Crippen molar-refractivity contribution in [3.8, 4) is 5.75 Å². The first-order valence-electron chi connectivity index (χ1n) is 11.9. The van der Waals surface area contributed by atoms with Crippen LogP contribution in [0, 0.1) is 5.92 Å². The number of nitrogens with one attached hydrogen (secondary N) is 1. The van der Waals surface area contributed by atoms with Crippen molar-refractivity contribution >= 4 is 5.97 Å². The van der Waals surface area contributed by atoms with Crippen molar-refractivity contribution in [1.82, 2.24) is 5.32 Å². The summed E-state index contributed by atoms with van der Waals surface area (Å²) in [6.07, 6.45) is 8.34. The van der Waals surface area contributed by atoms with Gasteiger partial charge in [-0.05, 0) is 73.4 Å². The molecule has 2 aromatic carbocycles. The highest BCUT2D eigenvalue weighted by Gasteiger charge is 2.51.